The van der Waals surface area contributed by atoms with E-state index in [1.54, 1.807) is 37.4 Å². The van der Waals surface area contributed by atoms with E-state index in [2.05, 4.69) is 21.3 Å². The highest BCUT2D eigenvalue weighted by molar-refractivity contribution is 6.30. The van der Waals surface area contributed by atoms with Gasteiger partial charge in [0.25, 0.3) is 0 Å². The lowest BCUT2D eigenvalue weighted by atomic mass is 9.93. The lowest BCUT2D eigenvalue weighted by Gasteiger charge is -2.30. The first-order valence-corrected chi connectivity index (χ1v) is 19.4. The number of rotatable bonds is 15. The Morgan fingerprint density at radius 1 is 0.879 bits per heavy atom. The molecular weight excluding hydrogens is 760 g/mol. The van der Waals surface area contributed by atoms with E-state index in [-0.39, 0.29) is 51.6 Å². The van der Waals surface area contributed by atoms with Crippen LogP contribution in [0.25, 0.3) is 22.3 Å². The molecule has 0 spiro atoms. The van der Waals surface area contributed by atoms with Crippen molar-refractivity contribution < 1.29 is 28.7 Å². The molecule has 4 amide bonds. The van der Waals surface area contributed by atoms with Crippen LogP contribution in [0.5, 0.6) is 11.5 Å². The molecule has 4 aromatic rings. The van der Waals surface area contributed by atoms with Crippen molar-refractivity contribution in [3.05, 3.63) is 107 Å². The summed E-state index contributed by atoms with van der Waals surface area (Å²) in [6.45, 7) is 2.94. The third-order valence-electron chi connectivity index (χ3n) is 9.58. The zero-order valence-corrected chi connectivity index (χ0v) is 33.3. The SMILES string of the molecule is C[C@@H]1NC(=O)[C@@H](N(C)C(=O)CCNCc2ccc(-c3ccc(Cl)cc3)cc2)c2ccc(OCCN)c(c2)-c2cc(ccc2OCCN)C[C@@H](C(=O)NCC#N)NC1=O. The zero-order valence-electron chi connectivity index (χ0n) is 32.6. The number of ether oxygens (including phenoxy) is 2. The van der Waals surface area contributed by atoms with Gasteiger partial charge in [0.1, 0.15) is 49.4 Å². The van der Waals surface area contributed by atoms with E-state index >= 15 is 0 Å². The van der Waals surface area contributed by atoms with Crippen LogP contribution >= 0.6 is 11.6 Å². The van der Waals surface area contributed by atoms with E-state index < -0.39 is 35.8 Å². The number of hydrogen-bond donors (Lipinski definition) is 6. The molecule has 0 fully saturated rings. The molecule has 0 aliphatic carbocycles. The Morgan fingerprint density at radius 2 is 1.50 bits per heavy atom. The molecule has 0 saturated carbocycles. The summed E-state index contributed by atoms with van der Waals surface area (Å²) in [6, 6.07) is 24.7. The summed E-state index contributed by atoms with van der Waals surface area (Å²) in [5, 5.41) is 21.1. The predicted molar refractivity (Wildman–Crippen MR) is 222 cm³/mol. The largest absolute Gasteiger partial charge is 0.492 e. The summed E-state index contributed by atoms with van der Waals surface area (Å²) in [4.78, 5) is 56.2. The van der Waals surface area contributed by atoms with Crippen molar-refractivity contribution in [2.45, 2.75) is 44.4 Å². The van der Waals surface area contributed by atoms with Crippen LogP contribution in [-0.2, 0) is 32.1 Å². The normalized spacial score (nSPS) is 16.5. The molecule has 0 saturated heterocycles. The van der Waals surface area contributed by atoms with Gasteiger partial charge in [-0.1, -0.05) is 60.1 Å². The first kappa shape index (κ1) is 43.1. The van der Waals surface area contributed by atoms with E-state index in [0.717, 1.165) is 16.7 Å². The number of hydrogen-bond acceptors (Lipinski definition) is 10. The molecule has 3 atom stereocenters. The maximum absolute atomic E-state index is 14.2. The van der Waals surface area contributed by atoms with Crippen molar-refractivity contribution in [1.29, 1.82) is 5.26 Å². The van der Waals surface area contributed by atoms with Gasteiger partial charge in [-0.25, -0.2) is 0 Å². The fourth-order valence-corrected chi connectivity index (χ4v) is 6.66. The van der Waals surface area contributed by atoms with E-state index in [4.69, 9.17) is 37.8 Å². The number of nitrogens with zero attached hydrogens (tertiary/aromatic N) is 2. The molecule has 0 radical (unpaired) electrons. The van der Waals surface area contributed by atoms with Crippen molar-refractivity contribution in [2.75, 3.05) is 46.4 Å². The van der Waals surface area contributed by atoms with Crippen LogP contribution in [0, 0.1) is 11.3 Å². The molecule has 14 nitrogen and oxygen atoms in total. The fourth-order valence-electron chi connectivity index (χ4n) is 6.54. The topological polar surface area (TPSA) is 214 Å². The summed E-state index contributed by atoms with van der Waals surface area (Å²) >= 11 is 6.03. The average Bonchev–Trinajstić information content (AvgIpc) is 3.23. The molecule has 58 heavy (non-hydrogen) atoms. The monoisotopic (exact) mass is 808 g/mol. The lowest BCUT2D eigenvalue weighted by molar-refractivity contribution is -0.140. The van der Waals surface area contributed by atoms with Gasteiger partial charge >= 0.3 is 0 Å². The van der Waals surface area contributed by atoms with Gasteiger partial charge in [0, 0.05) is 62.2 Å². The quantitative estimate of drug-likeness (QED) is 0.0762. The molecule has 1 aliphatic heterocycles. The predicted octanol–water partition coefficient (Wildman–Crippen LogP) is 3.21. The van der Waals surface area contributed by atoms with Crippen molar-refractivity contribution in [3.63, 3.8) is 0 Å². The van der Waals surface area contributed by atoms with E-state index in [1.165, 1.54) is 11.8 Å². The number of nitriles is 1. The molecule has 8 N–H and O–H groups in total. The Labute approximate surface area is 343 Å². The highest BCUT2D eigenvalue weighted by Crippen LogP contribution is 2.40. The number of nitrogens with two attached hydrogens (primary N) is 2. The minimum atomic E-state index is -1.18. The van der Waals surface area contributed by atoms with E-state index in [1.807, 2.05) is 60.7 Å². The number of carbonyl (C=O) groups is 4. The number of carbonyl (C=O) groups excluding carboxylic acids is 4. The molecule has 0 aromatic heterocycles. The third kappa shape index (κ3) is 11.3. The smallest absolute Gasteiger partial charge is 0.248 e. The van der Waals surface area contributed by atoms with Gasteiger partial charge in [-0.05, 0) is 71.1 Å². The van der Waals surface area contributed by atoms with Crippen molar-refractivity contribution in [2.24, 2.45) is 11.5 Å². The highest BCUT2D eigenvalue weighted by atomic mass is 35.5. The molecule has 1 heterocycles. The van der Waals surface area contributed by atoms with Gasteiger partial charge in [0.05, 0.1) is 6.07 Å². The third-order valence-corrected chi connectivity index (χ3v) is 9.83. The van der Waals surface area contributed by atoms with Crippen molar-refractivity contribution in [3.8, 4) is 39.8 Å². The second kappa shape index (κ2) is 21.0. The summed E-state index contributed by atoms with van der Waals surface area (Å²) in [7, 11) is 1.54. The maximum atomic E-state index is 14.2. The first-order valence-electron chi connectivity index (χ1n) is 19.0. The first-order chi connectivity index (χ1) is 28.0. The number of likely N-dealkylation sites (N-methyl/N-ethyl adjacent to an activating group) is 1. The maximum Gasteiger partial charge on any atom is 0.248 e. The second-order valence-corrected chi connectivity index (χ2v) is 14.2. The fraction of sp³-hybridized carbons (Fsp3) is 0.326. The van der Waals surface area contributed by atoms with Crippen molar-refractivity contribution >= 4 is 35.2 Å². The number of fused-ring (bicyclic) bond motifs is 5. The second-order valence-electron chi connectivity index (χ2n) is 13.8. The molecule has 5 rings (SSSR count). The number of nitrogens with one attached hydrogen (secondary N) is 4. The van der Waals surface area contributed by atoms with Gasteiger partial charge in [-0.15, -0.1) is 0 Å². The number of benzene rings is 4. The molecule has 15 heteroatoms. The van der Waals surface area contributed by atoms with Crippen LogP contribution in [0.2, 0.25) is 5.02 Å². The number of halogens is 1. The van der Waals surface area contributed by atoms with Crippen LogP contribution in [0.3, 0.4) is 0 Å². The van der Waals surface area contributed by atoms with Gasteiger partial charge in [0.2, 0.25) is 23.6 Å². The molecule has 304 valence electrons. The van der Waals surface area contributed by atoms with Crippen LogP contribution in [0.1, 0.15) is 36.1 Å². The van der Waals surface area contributed by atoms with Crippen molar-refractivity contribution in [1.82, 2.24) is 26.2 Å². The highest BCUT2D eigenvalue weighted by Gasteiger charge is 2.33. The van der Waals surface area contributed by atoms with Crippen LogP contribution in [0.15, 0.2) is 84.9 Å². The summed E-state index contributed by atoms with van der Waals surface area (Å²) in [5.41, 5.74) is 17.0. The minimum Gasteiger partial charge on any atom is -0.492 e. The Balaban J connectivity index is 1.44. The minimum absolute atomic E-state index is 0.0507. The molecule has 4 aromatic carbocycles. The standard InChI is InChI=1S/C43H49ClN8O6/c1-27-41(54)51-36(42(55)49-20-16-45)24-29-5-13-37(57-21-17-46)34(23-29)35-25-32(10-14-38(35)58-22-18-47)40(43(56)50-27)52(2)39(53)15-19-48-26-28-3-6-30(7-4-28)31-8-11-33(44)12-9-31/h3-14,23,25,27,36,40,48H,15,17-22,24,26,46-47H2,1-2H3,(H,49,55)(H,50,56)(H,51,54)/t27-,36-,40-/m0/s1. The van der Waals surface area contributed by atoms with Crippen LogP contribution in [-0.4, -0.2) is 87.1 Å². The van der Waals surface area contributed by atoms with Gasteiger partial charge in [-0.3, -0.25) is 19.2 Å². The average molecular weight is 809 g/mol. The van der Waals surface area contributed by atoms with Crippen LogP contribution in [0.4, 0.5) is 0 Å². The molecule has 0 unspecified atom stereocenters. The molecule has 4 bridgehead atoms. The van der Waals surface area contributed by atoms with Crippen LogP contribution < -0.4 is 42.2 Å². The Hall–Kier alpha value is -5.98. The molecule has 1 aliphatic rings. The summed E-state index contributed by atoms with van der Waals surface area (Å²) in [5.74, 6) is -1.25. The summed E-state index contributed by atoms with van der Waals surface area (Å²) in [6.07, 6.45) is 0.122. The van der Waals surface area contributed by atoms with E-state index in [0.29, 0.717) is 51.9 Å². The van der Waals surface area contributed by atoms with Gasteiger partial charge in [0.15, 0.2) is 0 Å². The Morgan fingerprint density at radius 3 is 2.14 bits per heavy atom. The van der Waals surface area contributed by atoms with Gasteiger partial charge < -0.3 is 47.1 Å². The van der Waals surface area contributed by atoms with Gasteiger partial charge in [-0.2, -0.15) is 5.26 Å². The van der Waals surface area contributed by atoms with E-state index in [9.17, 15) is 19.2 Å². The zero-order chi connectivity index (χ0) is 41.6. The summed E-state index contributed by atoms with van der Waals surface area (Å²) < 4.78 is 12.1. The molecular formula is C43H49ClN8O6. The number of amides is 4. The Kier molecular flexibility index (Phi) is 15.6. The Bertz CT molecular complexity index is 2110. The lowest BCUT2D eigenvalue weighted by Crippen LogP contribution is -2.55.